The van der Waals surface area contributed by atoms with E-state index in [0.717, 1.165) is 12.8 Å². The maximum Gasteiger partial charge on any atom is 0.236 e. The summed E-state index contributed by atoms with van der Waals surface area (Å²) in [5.41, 5.74) is -0.300. The molecule has 0 unspecified atom stereocenters. The molecule has 4 heteroatoms. The summed E-state index contributed by atoms with van der Waals surface area (Å²) in [6.45, 7) is 4.37. The third-order valence-corrected chi connectivity index (χ3v) is 2.77. The summed E-state index contributed by atoms with van der Waals surface area (Å²) in [6, 6.07) is 0. The van der Waals surface area contributed by atoms with Gasteiger partial charge in [-0.3, -0.25) is 4.79 Å². The Morgan fingerprint density at radius 1 is 1.36 bits per heavy atom. The molecule has 0 radical (unpaired) electrons. The van der Waals surface area contributed by atoms with Crippen LogP contribution in [0.25, 0.3) is 0 Å². The van der Waals surface area contributed by atoms with Crippen LogP contribution in [0.15, 0.2) is 0 Å². The van der Waals surface area contributed by atoms with E-state index in [-0.39, 0.29) is 24.6 Å². The van der Waals surface area contributed by atoms with Crippen LogP contribution in [0, 0.1) is 0 Å². The smallest absolute Gasteiger partial charge is 0.236 e. The standard InChI is InChI=1S/C10H22N2O2/c1-5-10(6-2,8-13)11-7-9(14)12(3)4/h11,13H,5-8H2,1-4H3. The molecule has 0 fully saturated rings. The van der Waals surface area contributed by atoms with Crippen LogP contribution in [-0.4, -0.2) is 48.7 Å². The van der Waals surface area contributed by atoms with E-state index in [1.54, 1.807) is 19.0 Å². The molecule has 0 aliphatic carbocycles. The Labute approximate surface area is 86.3 Å². The highest BCUT2D eigenvalue weighted by Crippen LogP contribution is 2.13. The van der Waals surface area contributed by atoms with Gasteiger partial charge in [0.05, 0.1) is 13.2 Å². The molecule has 2 N–H and O–H groups in total. The largest absolute Gasteiger partial charge is 0.394 e. The number of amides is 1. The second kappa shape index (κ2) is 5.98. The van der Waals surface area contributed by atoms with Crippen LogP contribution in [0.3, 0.4) is 0 Å². The number of carbonyl (C=O) groups excluding carboxylic acids is 1. The summed E-state index contributed by atoms with van der Waals surface area (Å²) in [7, 11) is 3.45. The Morgan fingerprint density at radius 3 is 2.14 bits per heavy atom. The van der Waals surface area contributed by atoms with E-state index in [1.807, 2.05) is 13.8 Å². The van der Waals surface area contributed by atoms with Gasteiger partial charge in [0.2, 0.25) is 5.91 Å². The predicted octanol–water partition coefficient (Wildman–Crippen LogP) is 0.215. The van der Waals surface area contributed by atoms with Crippen molar-refractivity contribution in [3.05, 3.63) is 0 Å². The topological polar surface area (TPSA) is 52.6 Å². The molecule has 0 heterocycles. The molecule has 4 nitrogen and oxygen atoms in total. The molecular weight excluding hydrogens is 180 g/mol. The molecule has 0 aromatic rings. The zero-order valence-corrected chi connectivity index (χ0v) is 9.63. The molecule has 0 atom stereocenters. The molecule has 84 valence electrons. The lowest BCUT2D eigenvalue weighted by Crippen LogP contribution is -2.51. The maximum absolute atomic E-state index is 11.3. The predicted molar refractivity (Wildman–Crippen MR) is 57.1 cm³/mol. The first-order chi connectivity index (χ1) is 6.51. The highest BCUT2D eigenvalue weighted by Gasteiger charge is 2.25. The lowest BCUT2D eigenvalue weighted by atomic mass is 9.94. The van der Waals surface area contributed by atoms with Crippen LogP contribution in [0.5, 0.6) is 0 Å². The molecule has 0 spiro atoms. The monoisotopic (exact) mass is 202 g/mol. The summed E-state index contributed by atoms with van der Waals surface area (Å²) >= 11 is 0. The first kappa shape index (κ1) is 13.4. The van der Waals surface area contributed by atoms with Gasteiger partial charge >= 0.3 is 0 Å². The van der Waals surface area contributed by atoms with E-state index in [2.05, 4.69) is 5.32 Å². The van der Waals surface area contributed by atoms with Gasteiger partial charge in [-0.15, -0.1) is 0 Å². The zero-order chi connectivity index (χ0) is 11.2. The fourth-order valence-electron chi connectivity index (χ4n) is 1.20. The van der Waals surface area contributed by atoms with Gasteiger partial charge in [-0.25, -0.2) is 0 Å². The number of carbonyl (C=O) groups is 1. The first-order valence-electron chi connectivity index (χ1n) is 5.07. The summed E-state index contributed by atoms with van der Waals surface area (Å²) in [4.78, 5) is 12.9. The quantitative estimate of drug-likeness (QED) is 0.647. The van der Waals surface area contributed by atoms with Gasteiger partial charge in [-0.1, -0.05) is 13.8 Å². The molecular formula is C10H22N2O2. The summed E-state index contributed by atoms with van der Waals surface area (Å²) in [5, 5.41) is 12.4. The van der Waals surface area contributed by atoms with Crippen LogP contribution in [0.2, 0.25) is 0 Å². The van der Waals surface area contributed by atoms with Crippen molar-refractivity contribution in [2.45, 2.75) is 32.2 Å². The normalized spacial score (nSPS) is 11.5. The van der Waals surface area contributed by atoms with Crippen molar-refractivity contribution in [1.82, 2.24) is 10.2 Å². The Hall–Kier alpha value is -0.610. The Kier molecular flexibility index (Phi) is 5.72. The van der Waals surface area contributed by atoms with E-state index in [1.165, 1.54) is 0 Å². The van der Waals surface area contributed by atoms with Crippen LogP contribution in [0.1, 0.15) is 26.7 Å². The molecule has 0 bridgehead atoms. The Morgan fingerprint density at radius 2 is 1.86 bits per heavy atom. The highest BCUT2D eigenvalue weighted by molar-refractivity contribution is 5.77. The van der Waals surface area contributed by atoms with E-state index in [4.69, 9.17) is 0 Å². The van der Waals surface area contributed by atoms with Crippen molar-refractivity contribution in [1.29, 1.82) is 0 Å². The van der Waals surface area contributed by atoms with Crippen molar-refractivity contribution in [2.75, 3.05) is 27.2 Å². The van der Waals surface area contributed by atoms with Crippen LogP contribution >= 0.6 is 0 Å². The lowest BCUT2D eigenvalue weighted by molar-refractivity contribution is -0.128. The number of rotatable bonds is 6. The van der Waals surface area contributed by atoms with Crippen LogP contribution in [-0.2, 0) is 4.79 Å². The summed E-state index contributed by atoms with van der Waals surface area (Å²) < 4.78 is 0. The molecule has 0 saturated heterocycles. The number of likely N-dealkylation sites (N-methyl/N-ethyl adjacent to an activating group) is 1. The molecule has 0 saturated carbocycles. The van der Waals surface area contributed by atoms with Gasteiger partial charge in [0.1, 0.15) is 0 Å². The number of nitrogens with one attached hydrogen (secondary N) is 1. The molecule has 0 aromatic heterocycles. The van der Waals surface area contributed by atoms with Crippen molar-refractivity contribution < 1.29 is 9.90 Å². The summed E-state index contributed by atoms with van der Waals surface area (Å²) in [6.07, 6.45) is 1.64. The second-order valence-corrected chi connectivity index (χ2v) is 3.79. The Balaban J connectivity index is 4.12. The molecule has 0 aromatic carbocycles. The number of hydrogen-bond donors (Lipinski definition) is 2. The molecule has 0 rings (SSSR count). The molecule has 14 heavy (non-hydrogen) atoms. The highest BCUT2D eigenvalue weighted by atomic mass is 16.3. The number of nitrogens with zero attached hydrogens (tertiary/aromatic N) is 1. The molecule has 0 aliphatic rings. The minimum Gasteiger partial charge on any atom is -0.394 e. The summed E-state index contributed by atoms with van der Waals surface area (Å²) in [5.74, 6) is 0.0322. The Bertz CT molecular complexity index is 169. The second-order valence-electron chi connectivity index (χ2n) is 3.79. The zero-order valence-electron chi connectivity index (χ0n) is 9.63. The maximum atomic E-state index is 11.3. The van der Waals surface area contributed by atoms with Gasteiger partial charge in [0.25, 0.3) is 0 Å². The van der Waals surface area contributed by atoms with Crippen molar-refractivity contribution in [3.63, 3.8) is 0 Å². The number of aliphatic hydroxyl groups is 1. The van der Waals surface area contributed by atoms with Crippen LogP contribution in [0.4, 0.5) is 0 Å². The average Bonchev–Trinajstić information content (AvgIpc) is 2.20. The van der Waals surface area contributed by atoms with Crippen molar-refractivity contribution >= 4 is 5.91 Å². The average molecular weight is 202 g/mol. The SMILES string of the molecule is CCC(CC)(CO)NCC(=O)N(C)C. The van der Waals surface area contributed by atoms with E-state index in [0.29, 0.717) is 0 Å². The van der Waals surface area contributed by atoms with Gasteiger partial charge < -0.3 is 15.3 Å². The van der Waals surface area contributed by atoms with Gasteiger partial charge in [-0.05, 0) is 12.8 Å². The molecule has 0 aliphatic heterocycles. The van der Waals surface area contributed by atoms with E-state index in [9.17, 15) is 9.90 Å². The van der Waals surface area contributed by atoms with Crippen LogP contribution < -0.4 is 5.32 Å². The third-order valence-electron chi connectivity index (χ3n) is 2.77. The van der Waals surface area contributed by atoms with E-state index >= 15 is 0 Å². The number of aliphatic hydroxyl groups excluding tert-OH is 1. The van der Waals surface area contributed by atoms with Gasteiger partial charge in [0.15, 0.2) is 0 Å². The van der Waals surface area contributed by atoms with Gasteiger partial charge in [-0.2, -0.15) is 0 Å². The minimum absolute atomic E-state index is 0.0322. The van der Waals surface area contributed by atoms with E-state index < -0.39 is 0 Å². The minimum atomic E-state index is -0.300. The lowest BCUT2D eigenvalue weighted by Gasteiger charge is -2.31. The van der Waals surface area contributed by atoms with Crippen molar-refractivity contribution in [3.8, 4) is 0 Å². The number of hydrogen-bond acceptors (Lipinski definition) is 3. The fourth-order valence-corrected chi connectivity index (χ4v) is 1.20. The third kappa shape index (κ3) is 3.64. The first-order valence-corrected chi connectivity index (χ1v) is 5.07. The van der Waals surface area contributed by atoms with Gasteiger partial charge in [0, 0.05) is 19.6 Å². The molecule has 1 amide bonds. The van der Waals surface area contributed by atoms with Crippen molar-refractivity contribution in [2.24, 2.45) is 0 Å². The fraction of sp³-hybridized carbons (Fsp3) is 0.900.